The second-order valence-electron chi connectivity index (χ2n) is 8.82. The van der Waals surface area contributed by atoms with Crippen LogP contribution in [0.1, 0.15) is 36.2 Å². The first kappa shape index (κ1) is 21.0. The van der Waals surface area contributed by atoms with Crippen LogP contribution in [0.25, 0.3) is 22.2 Å². The minimum Gasteiger partial charge on any atom is -0.487 e. The SMILES string of the molecule is Cc1ccc(C2=C(c3ccc(OCc4ccc5ccccc5n4)cc3)C(=O)C(C)(C)O2)cc1. The Bertz CT molecular complexity index is 1370. The first-order chi connectivity index (χ1) is 15.9. The quantitative estimate of drug-likeness (QED) is 0.366. The van der Waals surface area contributed by atoms with Crippen molar-refractivity contribution in [1.82, 2.24) is 4.98 Å². The van der Waals surface area contributed by atoms with Crippen LogP contribution in [0.3, 0.4) is 0 Å². The van der Waals surface area contributed by atoms with Crippen LogP contribution in [0, 0.1) is 6.92 Å². The molecule has 4 aromatic rings. The summed E-state index contributed by atoms with van der Waals surface area (Å²) in [7, 11) is 0. The van der Waals surface area contributed by atoms with Crippen LogP contribution in [0.2, 0.25) is 0 Å². The molecule has 5 rings (SSSR count). The molecule has 164 valence electrons. The van der Waals surface area contributed by atoms with Gasteiger partial charge in [-0.2, -0.15) is 0 Å². The number of pyridine rings is 1. The van der Waals surface area contributed by atoms with E-state index in [0.717, 1.165) is 39.0 Å². The number of aromatic nitrogens is 1. The molecule has 4 heteroatoms. The first-order valence-corrected chi connectivity index (χ1v) is 11.0. The van der Waals surface area contributed by atoms with E-state index in [2.05, 4.69) is 11.1 Å². The molecule has 0 amide bonds. The lowest BCUT2D eigenvalue weighted by molar-refractivity contribution is -0.125. The number of carbonyl (C=O) groups is 1. The zero-order valence-electron chi connectivity index (χ0n) is 19.0. The fraction of sp³-hybridized carbons (Fsp3) is 0.172. The predicted molar refractivity (Wildman–Crippen MR) is 131 cm³/mol. The fourth-order valence-electron chi connectivity index (χ4n) is 3.99. The summed E-state index contributed by atoms with van der Waals surface area (Å²) in [5.41, 5.74) is 4.40. The topological polar surface area (TPSA) is 48.4 Å². The molecule has 0 radical (unpaired) electrons. The molecule has 0 unspecified atom stereocenters. The van der Waals surface area contributed by atoms with Crippen molar-refractivity contribution in [1.29, 1.82) is 0 Å². The number of para-hydroxylation sites is 1. The fourth-order valence-corrected chi connectivity index (χ4v) is 3.99. The predicted octanol–water partition coefficient (Wildman–Crippen LogP) is 6.37. The van der Waals surface area contributed by atoms with Gasteiger partial charge in [0.25, 0.3) is 0 Å². The van der Waals surface area contributed by atoms with Crippen molar-refractivity contribution in [2.24, 2.45) is 0 Å². The molecule has 3 aromatic carbocycles. The van der Waals surface area contributed by atoms with Crippen LogP contribution in [0.4, 0.5) is 0 Å². The van der Waals surface area contributed by atoms with Crippen LogP contribution in [-0.4, -0.2) is 16.4 Å². The van der Waals surface area contributed by atoms with Gasteiger partial charge < -0.3 is 9.47 Å². The number of nitrogens with zero attached hydrogens (tertiary/aromatic N) is 1. The molecule has 1 aliphatic heterocycles. The van der Waals surface area contributed by atoms with Gasteiger partial charge in [-0.05, 0) is 50.6 Å². The van der Waals surface area contributed by atoms with Gasteiger partial charge in [0.2, 0.25) is 5.78 Å². The number of fused-ring (bicyclic) bond motifs is 1. The Kier molecular flexibility index (Phi) is 5.21. The summed E-state index contributed by atoms with van der Waals surface area (Å²) in [6, 6.07) is 27.7. The number of ketones is 1. The zero-order chi connectivity index (χ0) is 23.0. The average Bonchev–Trinajstić information content (AvgIpc) is 3.07. The molecule has 0 fully saturated rings. The number of hydrogen-bond acceptors (Lipinski definition) is 4. The van der Waals surface area contributed by atoms with E-state index < -0.39 is 5.60 Å². The molecule has 1 aliphatic rings. The van der Waals surface area contributed by atoms with Crippen molar-refractivity contribution >= 4 is 28.0 Å². The molecule has 0 saturated carbocycles. The van der Waals surface area contributed by atoms with Crippen LogP contribution in [-0.2, 0) is 16.1 Å². The Balaban J connectivity index is 1.39. The van der Waals surface area contributed by atoms with E-state index in [1.54, 1.807) is 0 Å². The summed E-state index contributed by atoms with van der Waals surface area (Å²) in [6.45, 7) is 6.03. The highest BCUT2D eigenvalue weighted by Crippen LogP contribution is 2.41. The molecule has 4 nitrogen and oxygen atoms in total. The maximum Gasteiger partial charge on any atom is 0.210 e. The van der Waals surface area contributed by atoms with Gasteiger partial charge in [-0.1, -0.05) is 66.2 Å². The number of ether oxygens (including phenoxy) is 2. The van der Waals surface area contributed by atoms with Gasteiger partial charge in [-0.25, -0.2) is 4.98 Å². The van der Waals surface area contributed by atoms with E-state index in [0.29, 0.717) is 17.9 Å². The summed E-state index contributed by atoms with van der Waals surface area (Å²) < 4.78 is 12.1. The molecular weight excluding hydrogens is 410 g/mol. The van der Waals surface area contributed by atoms with Crippen LogP contribution in [0.15, 0.2) is 84.9 Å². The maximum absolute atomic E-state index is 13.2. The molecule has 0 aliphatic carbocycles. The van der Waals surface area contributed by atoms with Gasteiger partial charge in [0.15, 0.2) is 5.60 Å². The second kappa shape index (κ2) is 8.21. The molecule has 0 atom stereocenters. The second-order valence-corrected chi connectivity index (χ2v) is 8.82. The number of rotatable bonds is 5. The van der Waals surface area contributed by atoms with Gasteiger partial charge in [-0.15, -0.1) is 0 Å². The van der Waals surface area contributed by atoms with Gasteiger partial charge in [0.1, 0.15) is 18.1 Å². The normalized spacial score (nSPS) is 15.1. The van der Waals surface area contributed by atoms with Gasteiger partial charge in [0.05, 0.1) is 16.8 Å². The highest BCUT2D eigenvalue weighted by molar-refractivity contribution is 6.32. The number of benzene rings is 3. The van der Waals surface area contributed by atoms with E-state index in [-0.39, 0.29) is 5.78 Å². The number of Topliss-reactive ketones (excluding diaryl/α,β-unsaturated/α-hetero) is 1. The number of carbonyl (C=O) groups excluding carboxylic acids is 1. The lowest BCUT2D eigenvalue weighted by Gasteiger charge is -2.17. The molecular formula is C29H25NO3. The highest BCUT2D eigenvalue weighted by atomic mass is 16.5. The highest BCUT2D eigenvalue weighted by Gasteiger charge is 2.42. The Morgan fingerprint density at radius 1 is 0.848 bits per heavy atom. The maximum atomic E-state index is 13.2. The summed E-state index contributed by atoms with van der Waals surface area (Å²) in [5.74, 6) is 1.32. The average molecular weight is 436 g/mol. The minimum absolute atomic E-state index is 0.0212. The lowest BCUT2D eigenvalue weighted by Crippen LogP contribution is -2.29. The Morgan fingerprint density at radius 3 is 2.30 bits per heavy atom. The monoisotopic (exact) mass is 435 g/mol. The van der Waals surface area contributed by atoms with Crippen molar-refractivity contribution in [3.05, 3.63) is 107 Å². The smallest absolute Gasteiger partial charge is 0.210 e. The molecule has 2 heterocycles. The van der Waals surface area contributed by atoms with Crippen LogP contribution in [0.5, 0.6) is 5.75 Å². The standard InChI is InChI=1S/C29H25NO3/c1-19-8-10-22(11-9-19)27-26(28(31)29(2,3)33-27)21-13-16-24(17-14-21)32-18-23-15-12-20-6-4-5-7-25(20)30-23/h4-17H,18H2,1-3H3. The van der Waals surface area contributed by atoms with Gasteiger partial charge in [0, 0.05) is 10.9 Å². The first-order valence-electron chi connectivity index (χ1n) is 11.0. The molecule has 33 heavy (non-hydrogen) atoms. The van der Waals surface area contributed by atoms with Gasteiger partial charge in [-0.3, -0.25) is 4.79 Å². The summed E-state index contributed by atoms with van der Waals surface area (Å²) in [4.78, 5) is 17.8. The Labute approximate surface area is 193 Å². The Morgan fingerprint density at radius 2 is 1.55 bits per heavy atom. The molecule has 0 saturated heterocycles. The van der Waals surface area contributed by atoms with Crippen molar-refractivity contribution in [2.45, 2.75) is 33.0 Å². The van der Waals surface area contributed by atoms with E-state index in [4.69, 9.17) is 9.47 Å². The number of hydrogen-bond donors (Lipinski definition) is 0. The summed E-state index contributed by atoms with van der Waals surface area (Å²) in [6.07, 6.45) is 0. The van der Waals surface area contributed by atoms with Crippen LogP contribution < -0.4 is 4.74 Å². The number of aryl methyl sites for hydroxylation is 1. The third kappa shape index (κ3) is 4.12. The van der Waals surface area contributed by atoms with Crippen molar-refractivity contribution < 1.29 is 14.3 Å². The molecule has 0 bridgehead atoms. The van der Waals surface area contributed by atoms with E-state index in [1.165, 1.54) is 0 Å². The van der Waals surface area contributed by atoms with Crippen molar-refractivity contribution in [3.63, 3.8) is 0 Å². The zero-order valence-corrected chi connectivity index (χ0v) is 19.0. The molecule has 0 N–H and O–H groups in total. The molecule has 1 aromatic heterocycles. The largest absolute Gasteiger partial charge is 0.487 e. The van der Waals surface area contributed by atoms with E-state index >= 15 is 0 Å². The van der Waals surface area contributed by atoms with Crippen LogP contribution >= 0.6 is 0 Å². The lowest BCUT2D eigenvalue weighted by atomic mass is 9.92. The molecule has 0 spiro atoms. The third-order valence-corrected chi connectivity index (χ3v) is 5.86. The summed E-state index contributed by atoms with van der Waals surface area (Å²) >= 11 is 0. The van der Waals surface area contributed by atoms with Crippen molar-refractivity contribution in [3.8, 4) is 5.75 Å². The van der Waals surface area contributed by atoms with E-state index in [1.807, 2.05) is 99.6 Å². The third-order valence-electron chi connectivity index (χ3n) is 5.86. The Hall–Kier alpha value is -3.92. The van der Waals surface area contributed by atoms with Crippen molar-refractivity contribution in [2.75, 3.05) is 0 Å². The minimum atomic E-state index is -0.896. The summed E-state index contributed by atoms with van der Waals surface area (Å²) in [5, 5.41) is 1.11. The van der Waals surface area contributed by atoms with E-state index in [9.17, 15) is 4.79 Å². The van der Waals surface area contributed by atoms with Gasteiger partial charge >= 0.3 is 0 Å².